The van der Waals surface area contributed by atoms with Crippen LogP contribution in [0.4, 0.5) is 0 Å². The Hall–Kier alpha value is -0.410. The van der Waals surface area contributed by atoms with E-state index < -0.39 is 0 Å². The van der Waals surface area contributed by atoms with Gasteiger partial charge in [-0.15, -0.1) is 35.3 Å². The average Bonchev–Trinajstić information content (AvgIpc) is 3.06. The van der Waals surface area contributed by atoms with Crippen molar-refractivity contribution in [2.24, 2.45) is 10.4 Å². The van der Waals surface area contributed by atoms with E-state index in [0.717, 1.165) is 63.4 Å². The number of halogens is 1. The quantitative estimate of drug-likeness (QED) is 0.256. The summed E-state index contributed by atoms with van der Waals surface area (Å²) in [6.45, 7) is 11.2. The second-order valence-electron chi connectivity index (χ2n) is 6.14. The zero-order valence-electron chi connectivity index (χ0n) is 16.1. The molecule has 0 fully saturated rings. The molecule has 0 spiro atoms. The van der Waals surface area contributed by atoms with Gasteiger partial charge in [0, 0.05) is 38.0 Å². The summed E-state index contributed by atoms with van der Waals surface area (Å²) in [5, 5.41) is 19.4. The third kappa shape index (κ3) is 8.68. The van der Waals surface area contributed by atoms with Crippen LogP contribution in [0.15, 0.2) is 10.4 Å². The zero-order chi connectivity index (χ0) is 17.8. The molecule has 0 saturated carbocycles. The third-order valence-corrected chi connectivity index (χ3v) is 5.68. The Morgan fingerprint density at radius 3 is 2.48 bits per heavy atom. The summed E-state index contributed by atoms with van der Waals surface area (Å²) in [6, 6.07) is 0. The monoisotopic (exact) mass is 482 g/mol. The Kier molecular flexibility index (Phi) is 13.5. The van der Waals surface area contributed by atoms with Crippen LogP contribution < -0.4 is 10.6 Å². The molecular weight excluding hydrogens is 447 g/mol. The van der Waals surface area contributed by atoms with Crippen LogP contribution in [0.3, 0.4) is 0 Å². The van der Waals surface area contributed by atoms with E-state index in [1.807, 2.05) is 0 Å². The average molecular weight is 482 g/mol. The zero-order valence-corrected chi connectivity index (χ0v) is 19.2. The van der Waals surface area contributed by atoms with Crippen LogP contribution >= 0.6 is 35.3 Å². The second kappa shape index (κ2) is 13.7. The number of aryl methyl sites for hydroxylation is 1. The lowest BCUT2D eigenvalue weighted by Crippen LogP contribution is -2.39. The molecule has 0 aliphatic carbocycles. The maximum Gasteiger partial charge on any atom is 0.191 e. The number of aliphatic imine (C=N–C) groups is 1. The number of nitrogens with zero attached hydrogens (tertiary/aromatic N) is 2. The molecule has 3 N–H and O–H groups in total. The fourth-order valence-corrected chi connectivity index (χ4v) is 3.45. The highest BCUT2D eigenvalue weighted by Gasteiger charge is 2.25. The van der Waals surface area contributed by atoms with Crippen LogP contribution in [0.2, 0.25) is 0 Å². The first-order valence-electron chi connectivity index (χ1n) is 9.19. The molecule has 1 rings (SSSR count). The van der Waals surface area contributed by atoms with Crippen molar-refractivity contribution in [1.82, 2.24) is 15.6 Å². The summed E-state index contributed by atoms with van der Waals surface area (Å²) >= 11 is 1.74. The van der Waals surface area contributed by atoms with Crippen LogP contribution in [-0.4, -0.2) is 42.3 Å². The lowest BCUT2D eigenvalue weighted by molar-refractivity contribution is 0.175. The van der Waals surface area contributed by atoms with Crippen LogP contribution in [0.25, 0.3) is 0 Å². The van der Waals surface area contributed by atoms with Crippen LogP contribution in [0.5, 0.6) is 0 Å². The van der Waals surface area contributed by atoms with Gasteiger partial charge in [-0.1, -0.05) is 20.8 Å². The molecule has 0 saturated heterocycles. The number of nitrogens with one attached hydrogen (secondary N) is 2. The Bertz CT molecular complexity index is 489. The molecule has 0 bridgehead atoms. The Balaban J connectivity index is 0.00000576. The van der Waals surface area contributed by atoms with Crippen molar-refractivity contribution in [3.05, 3.63) is 16.1 Å². The van der Waals surface area contributed by atoms with E-state index in [1.165, 1.54) is 5.01 Å². The molecule has 0 radical (unpaired) electrons. The molecule has 0 atom stereocenters. The number of rotatable bonds is 11. The lowest BCUT2D eigenvalue weighted by Gasteiger charge is -2.29. The van der Waals surface area contributed by atoms with E-state index in [9.17, 15) is 5.11 Å². The van der Waals surface area contributed by atoms with Crippen LogP contribution in [0, 0.1) is 5.41 Å². The second-order valence-corrected chi connectivity index (χ2v) is 7.08. The van der Waals surface area contributed by atoms with Crippen LogP contribution in [-0.2, 0) is 12.8 Å². The standard InChI is InChI=1S/C18H34N4OS.HI/c1-5-16-22-15(13-24-16)9-11-20-17(19-8-4)21-14-18(6-2,7-3)10-12-23;/h13,23H,5-12,14H2,1-4H3,(H2,19,20,21);1H. The minimum atomic E-state index is 0. The van der Waals surface area contributed by atoms with Crippen molar-refractivity contribution in [3.8, 4) is 0 Å². The Morgan fingerprint density at radius 2 is 1.96 bits per heavy atom. The molecule has 0 unspecified atom stereocenters. The predicted molar refractivity (Wildman–Crippen MR) is 119 cm³/mol. The highest BCUT2D eigenvalue weighted by molar-refractivity contribution is 14.0. The lowest BCUT2D eigenvalue weighted by atomic mass is 9.79. The molecule has 0 aromatic carbocycles. The predicted octanol–water partition coefficient (Wildman–Crippen LogP) is 3.61. The van der Waals surface area contributed by atoms with Crippen molar-refractivity contribution in [1.29, 1.82) is 0 Å². The summed E-state index contributed by atoms with van der Waals surface area (Å²) in [7, 11) is 0. The summed E-state index contributed by atoms with van der Waals surface area (Å²) in [6.07, 6.45) is 4.78. The van der Waals surface area contributed by atoms with Gasteiger partial charge in [-0.25, -0.2) is 4.98 Å². The van der Waals surface area contributed by atoms with Gasteiger partial charge >= 0.3 is 0 Å². The smallest absolute Gasteiger partial charge is 0.191 e. The molecule has 25 heavy (non-hydrogen) atoms. The van der Waals surface area contributed by atoms with Crippen LogP contribution in [0.1, 0.15) is 57.7 Å². The number of aliphatic hydroxyl groups is 1. The van der Waals surface area contributed by atoms with Gasteiger partial charge in [-0.05, 0) is 38.0 Å². The van der Waals surface area contributed by atoms with Crippen molar-refractivity contribution < 1.29 is 5.11 Å². The summed E-state index contributed by atoms with van der Waals surface area (Å²) < 4.78 is 0. The fourth-order valence-electron chi connectivity index (χ4n) is 2.67. The molecule has 1 heterocycles. The number of hydrogen-bond acceptors (Lipinski definition) is 4. The topological polar surface area (TPSA) is 69.5 Å². The van der Waals surface area contributed by atoms with E-state index in [-0.39, 0.29) is 36.0 Å². The van der Waals surface area contributed by atoms with E-state index in [1.54, 1.807) is 11.3 Å². The van der Waals surface area contributed by atoms with Gasteiger partial charge in [0.15, 0.2) is 5.96 Å². The molecule has 1 aromatic rings. The maximum atomic E-state index is 9.34. The van der Waals surface area contributed by atoms with Crippen molar-refractivity contribution in [2.45, 2.75) is 59.8 Å². The molecule has 5 nitrogen and oxygen atoms in total. The number of aromatic nitrogens is 1. The first-order chi connectivity index (χ1) is 11.6. The highest BCUT2D eigenvalue weighted by Crippen LogP contribution is 2.30. The number of hydrogen-bond donors (Lipinski definition) is 3. The SMILES string of the molecule is CCNC(=NCC(CC)(CC)CCO)NCCc1csc(CC)n1.I. The third-order valence-electron chi connectivity index (χ3n) is 4.63. The largest absolute Gasteiger partial charge is 0.396 e. The molecule has 0 aliphatic rings. The number of thiazole rings is 1. The Labute approximate surface area is 174 Å². The molecule has 7 heteroatoms. The van der Waals surface area contributed by atoms with Gasteiger partial charge in [-0.2, -0.15) is 0 Å². The van der Waals surface area contributed by atoms with E-state index >= 15 is 0 Å². The van der Waals surface area contributed by atoms with Gasteiger partial charge in [0.25, 0.3) is 0 Å². The number of guanidine groups is 1. The normalized spacial score (nSPS) is 12.0. The van der Waals surface area contributed by atoms with E-state index in [4.69, 9.17) is 4.99 Å². The molecule has 1 aromatic heterocycles. The van der Waals surface area contributed by atoms with Gasteiger partial charge in [-0.3, -0.25) is 4.99 Å². The minimum Gasteiger partial charge on any atom is -0.396 e. The molecule has 146 valence electrons. The highest BCUT2D eigenvalue weighted by atomic mass is 127. The summed E-state index contributed by atoms with van der Waals surface area (Å²) in [5.41, 5.74) is 1.25. The number of aliphatic hydroxyl groups excluding tert-OH is 1. The van der Waals surface area contributed by atoms with E-state index in [0.29, 0.717) is 0 Å². The summed E-state index contributed by atoms with van der Waals surface area (Å²) in [5.74, 6) is 0.854. The molecule has 0 amide bonds. The van der Waals surface area contributed by atoms with E-state index in [2.05, 4.69) is 48.7 Å². The minimum absolute atomic E-state index is 0. The first-order valence-corrected chi connectivity index (χ1v) is 10.1. The van der Waals surface area contributed by atoms with Crippen molar-refractivity contribution >= 4 is 41.3 Å². The fraction of sp³-hybridized carbons (Fsp3) is 0.778. The van der Waals surface area contributed by atoms with Gasteiger partial charge in [0.1, 0.15) is 0 Å². The Morgan fingerprint density at radius 1 is 1.24 bits per heavy atom. The van der Waals surface area contributed by atoms with Gasteiger partial charge in [0.05, 0.1) is 10.7 Å². The van der Waals surface area contributed by atoms with Crippen molar-refractivity contribution in [2.75, 3.05) is 26.2 Å². The van der Waals surface area contributed by atoms with Gasteiger partial charge < -0.3 is 15.7 Å². The molecule has 0 aliphatic heterocycles. The molecular formula is C18H35IN4OS. The van der Waals surface area contributed by atoms with Gasteiger partial charge in [0.2, 0.25) is 0 Å². The van der Waals surface area contributed by atoms with Crippen molar-refractivity contribution in [3.63, 3.8) is 0 Å². The summed E-state index contributed by atoms with van der Waals surface area (Å²) in [4.78, 5) is 9.36. The first kappa shape index (κ1) is 24.6. The maximum absolute atomic E-state index is 9.34.